The lowest BCUT2D eigenvalue weighted by atomic mass is 10.2. The summed E-state index contributed by atoms with van der Waals surface area (Å²) >= 11 is 0. The van der Waals surface area contributed by atoms with Crippen LogP contribution in [0.4, 0.5) is 11.8 Å². The van der Waals surface area contributed by atoms with Gasteiger partial charge >= 0.3 is 0 Å². The summed E-state index contributed by atoms with van der Waals surface area (Å²) in [6.07, 6.45) is 4.12. The van der Waals surface area contributed by atoms with E-state index in [1.807, 2.05) is 30.5 Å². The molecule has 0 aliphatic carbocycles. The summed E-state index contributed by atoms with van der Waals surface area (Å²) in [5, 5.41) is 6.89. The number of benzene rings is 1. The summed E-state index contributed by atoms with van der Waals surface area (Å²) in [5.74, 6) is 0.846. The van der Waals surface area contributed by atoms with Gasteiger partial charge in [0, 0.05) is 24.2 Å². The van der Waals surface area contributed by atoms with Crippen LogP contribution in [-0.2, 0) is 6.54 Å². The second kappa shape index (κ2) is 7.48. The van der Waals surface area contributed by atoms with Crippen LogP contribution in [0.1, 0.15) is 25.3 Å². The summed E-state index contributed by atoms with van der Waals surface area (Å²) in [4.78, 5) is 11.5. The Morgan fingerprint density at radius 3 is 2.79 bits per heavy atom. The number of hydrogen-bond acceptors (Lipinski definition) is 4. The summed E-state index contributed by atoms with van der Waals surface area (Å²) < 4.78 is 2.11. The lowest BCUT2D eigenvalue weighted by molar-refractivity contribution is 0.819. The monoisotopic (exact) mass is 321 g/mol. The number of fused-ring (bicyclic) bond motifs is 1. The van der Waals surface area contributed by atoms with Crippen molar-refractivity contribution < 1.29 is 0 Å². The molecule has 0 aliphatic rings. The molecule has 7 nitrogen and oxygen atoms in total. The standard InChI is InChI=1S/C17H19N7/c1-2-3-10-19-16-15-14(20-17(21-16)22-23-18)9-11-24(15)12-13-7-5-4-6-8-13/h4-9,11H,2-3,10,12H2,1H3,(H,19,20,21). The predicted molar refractivity (Wildman–Crippen MR) is 95.3 cm³/mol. The van der Waals surface area contributed by atoms with Crippen molar-refractivity contribution in [3.05, 3.63) is 58.6 Å². The van der Waals surface area contributed by atoms with E-state index in [1.54, 1.807) is 0 Å². The zero-order valence-corrected chi connectivity index (χ0v) is 13.6. The van der Waals surface area contributed by atoms with Gasteiger partial charge in [-0.2, -0.15) is 0 Å². The van der Waals surface area contributed by atoms with E-state index in [1.165, 1.54) is 5.56 Å². The first-order valence-electron chi connectivity index (χ1n) is 8.01. The van der Waals surface area contributed by atoms with Gasteiger partial charge in [-0.15, -0.1) is 0 Å². The summed E-state index contributed by atoms with van der Waals surface area (Å²) in [7, 11) is 0. The third-order valence-electron chi connectivity index (χ3n) is 3.75. The molecule has 0 saturated heterocycles. The molecule has 0 saturated carbocycles. The smallest absolute Gasteiger partial charge is 0.219 e. The van der Waals surface area contributed by atoms with Crippen molar-refractivity contribution in [3.8, 4) is 0 Å². The molecule has 0 aliphatic heterocycles. The van der Waals surface area contributed by atoms with Gasteiger partial charge in [0.05, 0.1) is 5.52 Å². The molecule has 24 heavy (non-hydrogen) atoms. The molecule has 0 spiro atoms. The first kappa shape index (κ1) is 15.8. The van der Waals surface area contributed by atoms with Crippen molar-refractivity contribution in [2.75, 3.05) is 11.9 Å². The summed E-state index contributed by atoms with van der Waals surface area (Å²) in [6.45, 7) is 3.69. The first-order chi connectivity index (χ1) is 11.8. The second-order valence-corrected chi connectivity index (χ2v) is 5.51. The molecule has 0 amide bonds. The fourth-order valence-electron chi connectivity index (χ4n) is 2.60. The number of nitrogens with one attached hydrogen (secondary N) is 1. The van der Waals surface area contributed by atoms with E-state index in [2.05, 4.69) is 48.9 Å². The molecule has 7 heteroatoms. The minimum absolute atomic E-state index is 0.140. The van der Waals surface area contributed by atoms with Crippen LogP contribution in [0, 0.1) is 0 Å². The Kier molecular flexibility index (Phi) is 4.93. The Morgan fingerprint density at radius 2 is 2.04 bits per heavy atom. The highest BCUT2D eigenvalue weighted by Gasteiger charge is 2.12. The Labute approximate surface area is 140 Å². The van der Waals surface area contributed by atoms with E-state index < -0.39 is 0 Å². The van der Waals surface area contributed by atoms with Gasteiger partial charge in [-0.25, -0.2) is 9.97 Å². The van der Waals surface area contributed by atoms with Crippen molar-refractivity contribution in [2.45, 2.75) is 26.3 Å². The highest BCUT2D eigenvalue weighted by molar-refractivity contribution is 5.87. The second-order valence-electron chi connectivity index (χ2n) is 5.51. The molecule has 1 N–H and O–H groups in total. The molecule has 0 fully saturated rings. The lowest BCUT2D eigenvalue weighted by Gasteiger charge is -2.11. The van der Waals surface area contributed by atoms with Crippen LogP contribution >= 0.6 is 0 Å². The van der Waals surface area contributed by atoms with Crippen molar-refractivity contribution in [2.24, 2.45) is 5.11 Å². The van der Waals surface area contributed by atoms with Gasteiger partial charge in [0.25, 0.3) is 0 Å². The van der Waals surface area contributed by atoms with Crippen LogP contribution in [0.2, 0.25) is 0 Å². The van der Waals surface area contributed by atoms with Crippen molar-refractivity contribution >= 4 is 22.8 Å². The van der Waals surface area contributed by atoms with Gasteiger partial charge in [-0.1, -0.05) is 43.7 Å². The summed E-state index contributed by atoms with van der Waals surface area (Å²) in [6, 6.07) is 12.2. The average Bonchev–Trinajstić information content (AvgIpc) is 2.99. The van der Waals surface area contributed by atoms with Gasteiger partial charge in [0.1, 0.15) is 5.52 Å². The summed E-state index contributed by atoms with van der Waals surface area (Å²) in [5.41, 5.74) is 11.5. The number of azide groups is 1. The molecule has 3 rings (SSSR count). The third-order valence-corrected chi connectivity index (χ3v) is 3.75. The number of nitrogens with zero attached hydrogens (tertiary/aromatic N) is 6. The van der Waals surface area contributed by atoms with E-state index in [9.17, 15) is 0 Å². The van der Waals surface area contributed by atoms with Gasteiger partial charge < -0.3 is 9.88 Å². The number of aromatic nitrogens is 3. The molecular weight excluding hydrogens is 302 g/mol. The van der Waals surface area contributed by atoms with Crippen LogP contribution in [0.5, 0.6) is 0 Å². The molecule has 2 aromatic heterocycles. The zero-order valence-electron chi connectivity index (χ0n) is 13.6. The molecule has 3 aromatic rings. The van der Waals surface area contributed by atoms with E-state index in [4.69, 9.17) is 5.53 Å². The number of unbranched alkanes of at least 4 members (excludes halogenated alkanes) is 1. The van der Waals surface area contributed by atoms with Crippen molar-refractivity contribution in [1.82, 2.24) is 14.5 Å². The molecule has 2 heterocycles. The molecule has 0 unspecified atom stereocenters. The zero-order chi connectivity index (χ0) is 16.8. The van der Waals surface area contributed by atoms with E-state index in [0.29, 0.717) is 5.82 Å². The van der Waals surface area contributed by atoms with Crippen LogP contribution < -0.4 is 5.32 Å². The molecule has 0 atom stereocenters. The molecule has 0 radical (unpaired) electrons. The minimum Gasteiger partial charge on any atom is -0.368 e. The Morgan fingerprint density at radius 1 is 1.21 bits per heavy atom. The van der Waals surface area contributed by atoms with Crippen LogP contribution in [-0.4, -0.2) is 21.1 Å². The third kappa shape index (κ3) is 3.47. The Hall–Kier alpha value is -3.05. The maximum Gasteiger partial charge on any atom is 0.219 e. The first-order valence-corrected chi connectivity index (χ1v) is 8.01. The van der Waals surface area contributed by atoms with Crippen LogP contribution in [0.3, 0.4) is 0 Å². The maximum absolute atomic E-state index is 8.65. The highest BCUT2D eigenvalue weighted by Crippen LogP contribution is 2.25. The van der Waals surface area contributed by atoms with E-state index in [0.717, 1.165) is 37.0 Å². The topological polar surface area (TPSA) is 91.5 Å². The minimum atomic E-state index is 0.140. The van der Waals surface area contributed by atoms with Crippen molar-refractivity contribution in [3.63, 3.8) is 0 Å². The quantitative estimate of drug-likeness (QED) is 0.297. The molecular formula is C17H19N7. The van der Waals surface area contributed by atoms with Gasteiger partial charge in [0.2, 0.25) is 5.95 Å². The van der Waals surface area contributed by atoms with Gasteiger partial charge in [-0.3, -0.25) is 0 Å². The van der Waals surface area contributed by atoms with Crippen LogP contribution in [0.25, 0.3) is 21.5 Å². The van der Waals surface area contributed by atoms with Gasteiger partial charge in [-0.05, 0) is 28.7 Å². The van der Waals surface area contributed by atoms with E-state index in [-0.39, 0.29) is 5.95 Å². The van der Waals surface area contributed by atoms with Gasteiger partial charge in [0.15, 0.2) is 5.82 Å². The fraction of sp³-hybridized carbons (Fsp3) is 0.294. The largest absolute Gasteiger partial charge is 0.368 e. The molecule has 122 valence electrons. The maximum atomic E-state index is 8.65. The lowest BCUT2D eigenvalue weighted by Crippen LogP contribution is -2.07. The average molecular weight is 321 g/mol. The highest BCUT2D eigenvalue weighted by atomic mass is 15.2. The molecule has 1 aromatic carbocycles. The number of hydrogen-bond donors (Lipinski definition) is 1. The van der Waals surface area contributed by atoms with Crippen molar-refractivity contribution in [1.29, 1.82) is 0 Å². The fourth-order valence-corrected chi connectivity index (χ4v) is 2.60. The predicted octanol–water partition coefficient (Wildman–Crippen LogP) is 4.63. The normalized spacial score (nSPS) is 10.5. The van der Waals surface area contributed by atoms with E-state index >= 15 is 0 Å². The molecule has 0 bridgehead atoms. The number of anilines is 1. The van der Waals surface area contributed by atoms with Crippen LogP contribution in [0.15, 0.2) is 47.7 Å². The SMILES string of the molecule is CCCCNc1nc(N=[N+]=[N-])nc2ccn(Cc3ccccc3)c12. The Balaban J connectivity index is 2.02. The Bertz CT molecular complexity index is 863. The number of rotatable bonds is 7.